The quantitative estimate of drug-likeness (QED) is 0.439. The maximum absolute atomic E-state index is 13.9. The van der Waals surface area contributed by atoms with Crippen molar-refractivity contribution in [2.45, 2.75) is 45.5 Å². The van der Waals surface area contributed by atoms with E-state index in [9.17, 15) is 17.6 Å². The van der Waals surface area contributed by atoms with Crippen LogP contribution in [0.3, 0.4) is 0 Å². The second-order valence-corrected chi connectivity index (χ2v) is 7.68. The van der Waals surface area contributed by atoms with Gasteiger partial charge in [-0.25, -0.2) is 4.39 Å². The predicted molar refractivity (Wildman–Crippen MR) is 116 cm³/mol. The summed E-state index contributed by atoms with van der Waals surface area (Å²) in [6.07, 6.45) is 0.0509. The van der Waals surface area contributed by atoms with Gasteiger partial charge in [0.15, 0.2) is 0 Å². The number of dihydropyridines is 1. The zero-order valence-electron chi connectivity index (χ0n) is 17.8. The zero-order chi connectivity index (χ0) is 22.6. The van der Waals surface area contributed by atoms with Crippen molar-refractivity contribution in [1.29, 1.82) is 0 Å². The summed E-state index contributed by atoms with van der Waals surface area (Å²) in [5.74, 6) is -0.339. The fraction of sp³-hybridized carbons (Fsp3) is 0.333. The minimum atomic E-state index is -4.44. The number of anilines is 1. The molecule has 1 heterocycles. The van der Waals surface area contributed by atoms with Crippen LogP contribution in [0.5, 0.6) is 0 Å². The third kappa shape index (κ3) is 5.60. The van der Waals surface area contributed by atoms with Crippen molar-refractivity contribution in [1.82, 2.24) is 10.6 Å². The molecule has 0 amide bonds. The summed E-state index contributed by atoms with van der Waals surface area (Å²) >= 11 is 0. The lowest BCUT2D eigenvalue weighted by atomic mass is 9.96. The van der Waals surface area contributed by atoms with Crippen molar-refractivity contribution in [2.24, 2.45) is 0 Å². The molecule has 0 fully saturated rings. The molecule has 3 rings (SSSR count). The van der Waals surface area contributed by atoms with Crippen LogP contribution in [0.25, 0.3) is 0 Å². The van der Waals surface area contributed by atoms with Crippen LogP contribution in [0.2, 0.25) is 0 Å². The van der Waals surface area contributed by atoms with Crippen molar-refractivity contribution < 1.29 is 17.6 Å². The minimum Gasteiger partial charge on any atom is -0.385 e. The first-order chi connectivity index (χ1) is 14.7. The monoisotopic (exact) mass is 433 g/mol. The highest BCUT2D eigenvalue weighted by atomic mass is 19.4. The molecule has 0 bridgehead atoms. The molecule has 0 radical (unpaired) electrons. The summed E-state index contributed by atoms with van der Waals surface area (Å²) in [4.78, 5) is 0. The lowest BCUT2D eigenvalue weighted by Gasteiger charge is -2.28. The van der Waals surface area contributed by atoms with Gasteiger partial charge >= 0.3 is 6.18 Å². The van der Waals surface area contributed by atoms with Crippen LogP contribution in [-0.2, 0) is 6.18 Å². The van der Waals surface area contributed by atoms with Gasteiger partial charge in [0, 0.05) is 29.2 Å². The largest absolute Gasteiger partial charge is 0.416 e. The van der Waals surface area contributed by atoms with Crippen LogP contribution in [0.15, 0.2) is 66.0 Å². The first kappa shape index (κ1) is 22.7. The van der Waals surface area contributed by atoms with Crippen LogP contribution in [0, 0.1) is 5.82 Å². The molecule has 0 saturated heterocycles. The van der Waals surface area contributed by atoms with Gasteiger partial charge in [-0.05, 0) is 62.2 Å². The molecular weight excluding hydrogens is 406 g/mol. The van der Waals surface area contributed by atoms with Gasteiger partial charge in [0.05, 0.1) is 17.6 Å². The predicted octanol–water partition coefficient (Wildman–Crippen LogP) is 6.45. The Kier molecular flexibility index (Phi) is 6.93. The Bertz CT molecular complexity index is 979. The van der Waals surface area contributed by atoms with E-state index in [1.54, 1.807) is 25.1 Å². The Hall–Kier alpha value is -2.96. The Labute approximate surface area is 180 Å². The maximum atomic E-state index is 13.9. The van der Waals surface area contributed by atoms with Gasteiger partial charge in [0.1, 0.15) is 5.82 Å². The molecule has 2 atom stereocenters. The van der Waals surface area contributed by atoms with Crippen molar-refractivity contribution in [2.75, 3.05) is 11.9 Å². The molecule has 1 aliphatic heterocycles. The molecule has 0 aromatic heterocycles. The first-order valence-corrected chi connectivity index (χ1v) is 10.3. The second kappa shape index (κ2) is 9.45. The van der Waals surface area contributed by atoms with Crippen LogP contribution in [0.1, 0.15) is 56.0 Å². The number of benzene rings is 2. The van der Waals surface area contributed by atoms with E-state index >= 15 is 0 Å². The number of halogens is 4. The molecule has 2 unspecified atom stereocenters. The van der Waals surface area contributed by atoms with Crippen molar-refractivity contribution in [3.63, 3.8) is 0 Å². The first-order valence-electron chi connectivity index (χ1n) is 10.3. The normalized spacial score (nSPS) is 17.3. The minimum absolute atomic E-state index is 0.158. The number of hydrogen-bond donors (Lipinski definition) is 3. The second-order valence-electron chi connectivity index (χ2n) is 7.68. The summed E-state index contributed by atoms with van der Waals surface area (Å²) in [5.41, 5.74) is 2.50. The Morgan fingerprint density at radius 3 is 2.58 bits per heavy atom. The standard InChI is InChI=1S/C24H27F4N3/c1-4-11-29-22-10-9-17(25)13-20(22)16(3)31-18-12-15(2)30-23(14-18)19-7-5-6-8-21(19)24(26,27)28/h5-10,12-14,16,23,29-31H,4,11H2,1-3H3. The van der Waals surface area contributed by atoms with Gasteiger partial charge in [0.25, 0.3) is 0 Å². The third-order valence-corrected chi connectivity index (χ3v) is 5.13. The van der Waals surface area contributed by atoms with Gasteiger partial charge in [-0.2, -0.15) is 13.2 Å². The molecule has 0 spiro atoms. The van der Waals surface area contributed by atoms with E-state index in [1.165, 1.54) is 24.3 Å². The molecule has 3 N–H and O–H groups in total. The number of nitrogens with one attached hydrogen (secondary N) is 3. The van der Waals surface area contributed by atoms with E-state index in [1.807, 2.05) is 19.9 Å². The number of alkyl halides is 3. The van der Waals surface area contributed by atoms with Crippen LogP contribution in [0.4, 0.5) is 23.2 Å². The van der Waals surface area contributed by atoms with E-state index in [0.717, 1.165) is 36.0 Å². The lowest BCUT2D eigenvalue weighted by Crippen LogP contribution is -2.28. The molecule has 2 aromatic carbocycles. The van der Waals surface area contributed by atoms with Gasteiger partial charge < -0.3 is 16.0 Å². The molecule has 0 saturated carbocycles. The SMILES string of the molecule is CCCNc1ccc(F)cc1C(C)NC1=CC(c2ccccc2C(F)(F)F)NC(C)=C1. The fourth-order valence-electron chi connectivity index (χ4n) is 3.71. The highest BCUT2D eigenvalue weighted by Gasteiger charge is 2.35. The molecule has 0 aliphatic carbocycles. The summed E-state index contributed by atoms with van der Waals surface area (Å²) in [7, 11) is 0. The molecule has 31 heavy (non-hydrogen) atoms. The van der Waals surface area contributed by atoms with Crippen molar-refractivity contribution in [3.05, 3.63) is 88.5 Å². The van der Waals surface area contributed by atoms with Gasteiger partial charge in [-0.1, -0.05) is 25.1 Å². The zero-order valence-corrected chi connectivity index (χ0v) is 17.8. The summed E-state index contributed by atoms with van der Waals surface area (Å²) in [5, 5.41) is 9.73. The molecule has 1 aliphatic rings. The fourth-order valence-corrected chi connectivity index (χ4v) is 3.71. The Balaban J connectivity index is 1.89. The van der Waals surface area contributed by atoms with Crippen LogP contribution < -0.4 is 16.0 Å². The Morgan fingerprint density at radius 2 is 1.87 bits per heavy atom. The topological polar surface area (TPSA) is 36.1 Å². The third-order valence-electron chi connectivity index (χ3n) is 5.13. The lowest BCUT2D eigenvalue weighted by molar-refractivity contribution is -0.138. The number of allylic oxidation sites excluding steroid dienone is 2. The van der Waals surface area contributed by atoms with Gasteiger partial charge in [-0.15, -0.1) is 0 Å². The Morgan fingerprint density at radius 1 is 1.13 bits per heavy atom. The average Bonchev–Trinajstić information content (AvgIpc) is 2.71. The van der Waals surface area contributed by atoms with E-state index < -0.39 is 17.8 Å². The van der Waals surface area contributed by atoms with E-state index in [-0.39, 0.29) is 17.4 Å². The highest BCUT2D eigenvalue weighted by molar-refractivity contribution is 5.53. The van der Waals surface area contributed by atoms with Gasteiger partial charge in [-0.3, -0.25) is 0 Å². The molecule has 7 heteroatoms. The summed E-state index contributed by atoms with van der Waals surface area (Å²) in [6, 6.07) is 9.25. The number of hydrogen-bond acceptors (Lipinski definition) is 3. The molecule has 2 aromatic rings. The van der Waals surface area contributed by atoms with Crippen molar-refractivity contribution in [3.8, 4) is 0 Å². The smallest absolute Gasteiger partial charge is 0.385 e. The molecule has 166 valence electrons. The summed E-state index contributed by atoms with van der Waals surface area (Å²) in [6.45, 7) is 6.51. The molecular formula is C24H27F4N3. The van der Waals surface area contributed by atoms with Crippen molar-refractivity contribution >= 4 is 5.69 Å². The summed E-state index contributed by atoms with van der Waals surface area (Å²) < 4.78 is 54.4. The highest BCUT2D eigenvalue weighted by Crippen LogP contribution is 2.36. The van der Waals surface area contributed by atoms with E-state index in [0.29, 0.717) is 5.70 Å². The average molecular weight is 433 g/mol. The number of rotatable bonds is 7. The maximum Gasteiger partial charge on any atom is 0.416 e. The van der Waals surface area contributed by atoms with Crippen LogP contribution in [-0.4, -0.2) is 6.54 Å². The van der Waals surface area contributed by atoms with Gasteiger partial charge in [0.2, 0.25) is 0 Å². The van der Waals surface area contributed by atoms with E-state index in [2.05, 4.69) is 16.0 Å². The van der Waals surface area contributed by atoms with E-state index in [4.69, 9.17) is 0 Å². The van der Waals surface area contributed by atoms with Crippen LogP contribution >= 0.6 is 0 Å². The molecule has 3 nitrogen and oxygen atoms in total.